The van der Waals surface area contributed by atoms with Crippen LogP contribution in [0.25, 0.3) is 12.2 Å². The molecule has 100 valence electrons. The third-order valence-corrected chi connectivity index (χ3v) is 4.55. The minimum absolute atomic E-state index is 0.162. The maximum absolute atomic E-state index is 3.97. The zero-order valence-electron chi connectivity index (χ0n) is 12.8. The molecular weight excluding hydrogens is 236 g/mol. The highest BCUT2D eigenvalue weighted by molar-refractivity contribution is 7.13. The largest absolute Gasteiger partial charge is 0.139 e. The van der Waals surface area contributed by atoms with E-state index in [-0.39, 0.29) is 10.8 Å². The van der Waals surface area contributed by atoms with E-state index in [0.717, 1.165) is 0 Å². The highest BCUT2D eigenvalue weighted by atomic mass is 32.1. The second-order valence-electron chi connectivity index (χ2n) is 6.79. The van der Waals surface area contributed by atoms with E-state index >= 15 is 0 Å². The van der Waals surface area contributed by atoms with E-state index in [1.165, 1.54) is 20.9 Å². The van der Waals surface area contributed by atoms with Crippen LogP contribution in [-0.4, -0.2) is 0 Å². The highest BCUT2D eigenvalue weighted by Crippen LogP contribution is 2.44. The minimum Gasteiger partial charge on any atom is -0.139 e. The topological polar surface area (TPSA) is 0 Å². The summed E-state index contributed by atoms with van der Waals surface area (Å²) in [7, 11) is 0. The van der Waals surface area contributed by atoms with Crippen LogP contribution in [0, 0.1) is 0 Å². The summed E-state index contributed by atoms with van der Waals surface area (Å²) < 4.78 is 0. The van der Waals surface area contributed by atoms with E-state index in [0.29, 0.717) is 0 Å². The molecular formula is C17H26S. The van der Waals surface area contributed by atoms with Gasteiger partial charge in [0.1, 0.15) is 0 Å². The molecule has 0 aliphatic carbocycles. The smallest absolute Gasteiger partial charge is 0.0342 e. The highest BCUT2D eigenvalue weighted by Gasteiger charge is 2.30. The van der Waals surface area contributed by atoms with Gasteiger partial charge in [0.05, 0.1) is 0 Å². The van der Waals surface area contributed by atoms with Crippen molar-refractivity contribution in [1.29, 1.82) is 0 Å². The third kappa shape index (κ3) is 2.95. The standard InChI is InChI=1S/C17H26S/c1-9-11-12-13(10-2)18-15(17(6,7)8)14(12)16(3,4)5/h9-11H,2H2,1,3-8H3/b11-9-. The van der Waals surface area contributed by atoms with Crippen LogP contribution in [0.2, 0.25) is 0 Å². The molecule has 1 aromatic rings. The molecule has 0 fully saturated rings. The summed E-state index contributed by atoms with van der Waals surface area (Å²) in [5, 5.41) is 0. The normalized spacial score (nSPS) is 13.3. The molecule has 0 amide bonds. The van der Waals surface area contributed by atoms with E-state index < -0.39 is 0 Å². The number of hydrogen-bond acceptors (Lipinski definition) is 1. The first kappa shape index (κ1) is 15.2. The zero-order valence-corrected chi connectivity index (χ0v) is 13.7. The van der Waals surface area contributed by atoms with E-state index in [9.17, 15) is 0 Å². The lowest BCUT2D eigenvalue weighted by Crippen LogP contribution is -2.20. The lowest BCUT2D eigenvalue weighted by atomic mass is 9.78. The second-order valence-corrected chi connectivity index (χ2v) is 7.84. The summed E-state index contributed by atoms with van der Waals surface area (Å²) in [6, 6.07) is 0. The van der Waals surface area contributed by atoms with Gasteiger partial charge in [-0.15, -0.1) is 11.3 Å². The fourth-order valence-electron chi connectivity index (χ4n) is 2.22. The molecule has 0 aliphatic rings. The molecule has 0 unspecified atom stereocenters. The summed E-state index contributed by atoms with van der Waals surface area (Å²) in [4.78, 5) is 2.78. The van der Waals surface area contributed by atoms with Crippen LogP contribution in [-0.2, 0) is 10.8 Å². The fourth-order valence-corrected chi connectivity index (χ4v) is 3.63. The average molecular weight is 262 g/mol. The molecule has 1 rings (SSSR count). The molecule has 1 aromatic heterocycles. The van der Waals surface area contributed by atoms with E-state index in [4.69, 9.17) is 0 Å². The predicted molar refractivity (Wildman–Crippen MR) is 86.5 cm³/mol. The monoisotopic (exact) mass is 262 g/mol. The SMILES string of the molecule is C=Cc1sc(C(C)(C)C)c(C(C)(C)C)c1/C=C\C. The number of rotatable bonds is 2. The first-order valence-electron chi connectivity index (χ1n) is 6.55. The van der Waals surface area contributed by atoms with Crippen molar-refractivity contribution in [2.75, 3.05) is 0 Å². The Morgan fingerprint density at radius 1 is 1.00 bits per heavy atom. The number of thiophene rings is 1. The quantitative estimate of drug-likeness (QED) is 0.611. The predicted octanol–water partition coefficient (Wildman–Crippen LogP) is 6.02. The van der Waals surface area contributed by atoms with Crippen LogP contribution in [0.4, 0.5) is 0 Å². The summed E-state index contributed by atoms with van der Waals surface area (Å²) in [6.07, 6.45) is 6.34. The molecule has 0 radical (unpaired) electrons. The summed E-state index contributed by atoms with van der Waals surface area (Å²) in [5.41, 5.74) is 3.18. The first-order valence-corrected chi connectivity index (χ1v) is 7.37. The summed E-state index contributed by atoms with van der Waals surface area (Å²) >= 11 is 1.89. The van der Waals surface area contributed by atoms with Gasteiger partial charge in [-0.3, -0.25) is 0 Å². The second kappa shape index (κ2) is 5.05. The van der Waals surface area contributed by atoms with Crippen molar-refractivity contribution in [1.82, 2.24) is 0 Å². The molecule has 0 bridgehead atoms. The molecule has 0 N–H and O–H groups in total. The van der Waals surface area contributed by atoms with Crippen LogP contribution in [0.5, 0.6) is 0 Å². The van der Waals surface area contributed by atoms with E-state index in [2.05, 4.69) is 67.2 Å². The van der Waals surface area contributed by atoms with Gasteiger partial charge >= 0.3 is 0 Å². The van der Waals surface area contributed by atoms with Crippen molar-refractivity contribution in [2.24, 2.45) is 0 Å². The Labute approximate surface area is 116 Å². The fraction of sp³-hybridized carbons (Fsp3) is 0.529. The first-order chi connectivity index (χ1) is 8.12. The van der Waals surface area contributed by atoms with Crippen LogP contribution in [0.3, 0.4) is 0 Å². The Morgan fingerprint density at radius 3 is 1.89 bits per heavy atom. The van der Waals surface area contributed by atoms with E-state index in [1.807, 2.05) is 17.4 Å². The maximum atomic E-state index is 3.97. The molecule has 0 saturated heterocycles. The van der Waals surface area contributed by atoms with Gasteiger partial charge in [-0.05, 0) is 28.9 Å². The van der Waals surface area contributed by atoms with Crippen LogP contribution < -0.4 is 0 Å². The van der Waals surface area contributed by atoms with Crippen molar-refractivity contribution in [2.45, 2.75) is 59.3 Å². The van der Waals surface area contributed by atoms with Crippen LogP contribution in [0.15, 0.2) is 12.7 Å². The van der Waals surface area contributed by atoms with Crippen molar-refractivity contribution in [3.63, 3.8) is 0 Å². The molecule has 0 saturated carbocycles. The van der Waals surface area contributed by atoms with Crippen molar-refractivity contribution in [3.8, 4) is 0 Å². The van der Waals surface area contributed by atoms with E-state index in [1.54, 1.807) is 0 Å². The Kier molecular flexibility index (Phi) is 4.27. The van der Waals surface area contributed by atoms with Gasteiger partial charge in [-0.1, -0.05) is 66.3 Å². The van der Waals surface area contributed by atoms with Gasteiger partial charge in [0.15, 0.2) is 0 Å². The summed E-state index contributed by atoms with van der Waals surface area (Å²) in [5.74, 6) is 0. The lowest BCUT2D eigenvalue weighted by molar-refractivity contribution is 0.541. The lowest BCUT2D eigenvalue weighted by Gasteiger charge is -2.27. The van der Waals surface area contributed by atoms with Gasteiger partial charge in [0.2, 0.25) is 0 Å². The molecule has 0 atom stereocenters. The van der Waals surface area contributed by atoms with Crippen molar-refractivity contribution in [3.05, 3.63) is 33.5 Å². The van der Waals surface area contributed by atoms with Gasteiger partial charge in [-0.25, -0.2) is 0 Å². The molecule has 0 spiro atoms. The van der Waals surface area contributed by atoms with Gasteiger partial charge < -0.3 is 0 Å². The van der Waals surface area contributed by atoms with Gasteiger partial charge in [0, 0.05) is 9.75 Å². The Morgan fingerprint density at radius 2 is 1.56 bits per heavy atom. The van der Waals surface area contributed by atoms with Crippen molar-refractivity contribution >= 4 is 23.5 Å². The third-order valence-electron chi connectivity index (χ3n) is 2.92. The van der Waals surface area contributed by atoms with Crippen LogP contribution >= 0.6 is 11.3 Å². The van der Waals surface area contributed by atoms with Crippen molar-refractivity contribution < 1.29 is 0 Å². The number of allylic oxidation sites excluding steroid dienone is 1. The molecule has 0 aromatic carbocycles. The number of hydrogen-bond donors (Lipinski definition) is 0. The molecule has 1 heteroatoms. The molecule has 0 aliphatic heterocycles. The maximum Gasteiger partial charge on any atom is 0.0342 e. The zero-order chi connectivity index (χ0) is 14.1. The Bertz CT molecular complexity index is 459. The Balaban J connectivity index is 3.69. The molecule has 18 heavy (non-hydrogen) atoms. The van der Waals surface area contributed by atoms with Gasteiger partial charge in [0.25, 0.3) is 0 Å². The average Bonchev–Trinajstić information content (AvgIpc) is 2.56. The van der Waals surface area contributed by atoms with Gasteiger partial charge in [-0.2, -0.15) is 0 Å². The molecule has 1 heterocycles. The Hall–Kier alpha value is -0.820. The van der Waals surface area contributed by atoms with Crippen LogP contribution in [0.1, 0.15) is 69.3 Å². The summed E-state index contributed by atoms with van der Waals surface area (Å²) in [6.45, 7) is 19.8. The molecule has 0 nitrogen and oxygen atoms in total. The minimum atomic E-state index is 0.162.